The third-order valence-corrected chi connectivity index (χ3v) is 5.20. The van der Waals surface area contributed by atoms with Crippen molar-refractivity contribution in [1.82, 2.24) is 10.2 Å². The molecule has 4 nitrogen and oxygen atoms in total. The zero-order valence-electron chi connectivity index (χ0n) is 9.11. The highest BCUT2D eigenvalue weighted by Crippen LogP contribution is 2.32. The number of aliphatic hydroxyl groups excluding tert-OH is 1. The topological polar surface area (TPSA) is 52.6 Å². The molecule has 1 aliphatic rings. The molecule has 1 aliphatic heterocycles. The Morgan fingerprint density at radius 1 is 1.59 bits per heavy atom. The van der Waals surface area contributed by atoms with Gasteiger partial charge in [-0.1, -0.05) is 0 Å². The average Bonchev–Trinajstić information content (AvgIpc) is 2.82. The van der Waals surface area contributed by atoms with Crippen LogP contribution < -0.4 is 5.32 Å². The molecule has 1 aromatic rings. The molecule has 2 rings (SSSR count). The number of aliphatic hydroxyl groups is 1. The summed E-state index contributed by atoms with van der Waals surface area (Å²) < 4.78 is 1.72. The normalized spacial score (nSPS) is 24.0. The van der Waals surface area contributed by atoms with Gasteiger partial charge in [-0.2, -0.15) is 0 Å². The van der Waals surface area contributed by atoms with Gasteiger partial charge in [-0.3, -0.25) is 4.79 Å². The molecule has 2 atom stereocenters. The largest absolute Gasteiger partial charge is 0.390 e. The van der Waals surface area contributed by atoms with Crippen LogP contribution in [0.1, 0.15) is 10.4 Å². The Morgan fingerprint density at radius 2 is 2.29 bits per heavy atom. The first-order chi connectivity index (χ1) is 8.00. The van der Waals surface area contributed by atoms with Crippen molar-refractivity contribution in [3.8, 4) is 0 Å². The van der Waals surface area contributed by atoms with E-state index in [1.54, 1.807) is 18.0 Å². The molecular weight excluding hydrogens is 372 g/mol. The van der Waals surface area contributed by atoms with Gasteiger partial charge in [0.2, 0.25) is 0 Å². The number of nitrogens with one attached hydrogen (secondary N) is 1. The second-order valence-electron chi connectivity index (χ2n) is 3.95. The van der Waals surface area contributed by atoms with Crippen molar-refractivity contribution in [2.45, 2.75) is 12.1 Å². The molecule has 1 fully saturated rings. The third kappa shape index (κ3) is 2.73. The molecule has 1 aromatic heterocycles. The number of rotatable bonds is 2. The minimum Gasteiger partial charge on any atom is -0.390 e. The third-order valence-electron chi connectivity index (χ3n) is 2.86. The van der Waals surface area contributed by atoms with Crippen molar-refractivity contribution in [2.75, 3.05) is 20.1 Å². The number of halogens is 2. The van der Waals surface area contributed by atoms with Crippen molar-refractivity contribution in [3.63, 3.8) is 0 Å². The summed E-state index contributed by atoms with van der Waals surface area (Å²) in [5.74, 6) is -0.0772. The van der Waals surface area contributed by atoms with E-state index in [1.807, 2.05) is 0 Å². The van der Waals surface area contributed by atoms with Crippen LogP contribution >= 0.6 is 43.2 Å². The number of carbonyl (C=O) groups is 1. The van der Waals surface area contributed by atoms with E-state index in [0.29, 0.717) is 18.7 Å². The fourth-order valence-electron chi connectivity index (χ4n) is 1.87. The highest BCUT2D eigenvalue weighted by atomic mass is 79.9. The predicted octanol–water partition coefficient (Wildman–Crippen LogP) is 1.68. The molecule has 17 heavy (non-hydrogen) atoms. The van der Waals surface area contributed by atoms with Gasteiger partial charge in [0.05, 0.1) is 25.3 Å². The molecule has 2 N–H and O–H groups in total. The van der Waals surface area contributed by atoms with Crippen LogP contribution in [-0.4, -0.2) is 48.2 Å². The van der Waals surface area contributed by atoms with E-state index in [-0.39, 0.29) is 11.9 Å². The van der Waals surface area contributed by atoms with Crippen molar-refractivity contribution in [3.05, 3.63) is 19.2 Å². The molecule has 0 aromatic carbocycles. The number of amides is 1. The van der Waals surface area contributed by atoms with Gasteiger partial charge in [0.15, 0.2) is 0 Å². The first-order valence-corrected chi connectivity index (χ1v) is 7.51. The van der Waals surface area contributed by atoms with Crippen molar-refractivity contribution >= 4 is 49.1 Å². The van der Waals surface area contributed by atoms with Gasteiger partial charge < -0.3 is 15.3 Å². The maximum absolute atomic E-state index is 12.3. The SMILES string of the molecule is CN(C(=O)c1cc(Br)sc1Br)[C@@H]1CNC[C@H]1O. The van der Waals surface area contributed by atoms with E-state index in [1.165, 1.54) is 11.3 Å². The zero-order chi connectivity index (χ0) is 12.6. The molecule has 0 radical (unpaired) electrons. The first kappa shape index (κ1) is 13.5. The lowest BCUT2D eigenvalue weighted by atomic mass is 10.1. The summed E-state index contributed by atoms with van der Waals surface area (Å²) in [5.41, 5.74) is 0.628. The standard InChI is InChI=1S/C10H12Br2N2O2S/c1-14(6-3-13-4-7(6)15)10(16)5-2-8(11)17-9(5)12/h2,6-7,13,15H,3-4H2,1H3/t6-,7-/m1/s1. The van der Waals surface area contributed by atoms with Crippen LogP contribution in [0.4, 0.5) is 0 Å². The summed E-state index contributed by atoms with van der Waals surface area (Å²) in [6.45, 7) is 1.17. The number of carbonyl (C=O) groups excluding carboxylic acids is 1. The van der Waals surface area contributed by atoms with Gasteiger partial charge in [0, 0.05) is 20.1 Å². The highest BCUT2D eigenvalue weighted by Gasteiger charge is 2.32. The molecule has 0 unspecified atom stereocenters. The molecule has 0 saturated carbocycles. The van der Waals surface area contributed by atoms with Crippen LogP contribution in [0.25, 0.3) is 0 Å². The summed E-state index contributed by atoms with van der Waals surface area (Å²) in [6, 6.07) is 1.63. The number of hydrogen-bond acceptors (Lipinski definition) is 4. The molecule has 1 saturated heterocycles. The smallest absolute Gasteiger partial charge is 0.256 e. The van der Waals surface area contributed by atoms with Crippen LogP contribution in [0.3, 0.4) is 0 Å². The Kier molecular flexibility index (Phi) is 4.25. The summed E-state index contributed by atoms with van der Waals surface area (Å²) in [4.78, 5) is 13.9. The molecule has 0 aliphatic carbocycles. The predicted molar refractivity (Wildman–Crippen MR) is 74.5 cm³/mol. The average molecular weight is 384 g/mol. The number of β-amino-alcohol motifs (C(OH)–C–C–N with tert-alkyl or cyclic N) is 1. The van der Waals surface area contributed by atoms with Crippen LogP contribution in [0, 0.1) is 0 Å². The van der Waals surface area contributed by atoms with Crippen LogP contribution in [0.15, 0.2) is 13.6 Å². The Labute approximate surface area is 120 Å². The Morgan fingerprint density at radius 3 is 2.76 bits per heavy atom. The van der Waals surface area contributed by atoms with Gasteiger partial charge in [0.25, 0.3) is 5.91 Å². The van der Waals surface area contributed by atoms with Crippen LogP contribution in [0.5, 0.6) is 0 Å². The maximum atomic E-state index is 12.3. The lowest BCUT2D eigenvalue weighted by Crippen LogP contribution is -2.44. The Bertz CT molecular complexity index is 438. The zero-order valence-corrected chi connectivity index (χ0v) is 13.1. The lowest BCUT2D eigenvalue weighted by molar-refractivity contribution is 0.0581. The lowest BCUT2D eigenvalue weighted by Gasteiger charge is -2.26. The summed E-state index contributed by atoms with van der Waals surface area (Å²) in [5, 5.41) is 12.8. The van der Waals surface area contributed by atoms with E-state index < -0.39 is 6.10 Å². The quantitative estimate of drug-likeness (QED) is 0.816. The maximum Gasteiger partial charge on any atom is 0.256 e. The van der Waals surface area contributed by atoms with E-state index in [4.69, 9.17) is 0 Å². The summed E-state index contributed by atoms with van der Waals surface area (Å²) in [6.07, 6.45) is -0.496. The van der Waals surface area contributed by atoms with Gasteiger partial charge in [-0.15, -0.1) is 11.3 Å². The summed E-state index contributed by atoms with van der Waals surface area (Å²) >= 11 is 8.19. The molecule has 94 valence electrons. The fraction of sp³-hybridized carbons (Fsp3) is 0.500. The second kappa shape index (κ2) is 5.36. The van der Waals surface area contributed by atoms with Gasteiger partial charge in [0.1, 0.15) is 0 Å². The van der Waals surface area contributed by atoms with Crippen molar-refractivity contribution in [2.24, 2.45) is 0 Å². The van der Waals surface area contributed by atoms with E-state index >= 15 is 0 Å². The fourth-order valence-corrected chi connectivity index (χ4v) is 4.65. The Balaban J connectivity index is 2.17. The molecule has 2 heterocycles. The van der Waals surface area contributed by atoms with Crippen LogP contribution in [0.2, 0.25) is 0 Å². The van der Waals surface area contributed by atoms with Crippen molar-refractivity contribution < 1.29 is 9.90 Å². The van der Waals surface area contributed by atoms with Crippen LogP contribution in [-0.2, 0) is 0 Å². The number of likely N-dealkylation sites (N-methyl/N-ethyl adjacent to an activating group) is 1. The van der Waals surface area contributed by atoms with Gasteiger partial charge in [-0.25, -0.2) is 0 Å². The summed E-state index contributed by atoms with van der Waals surface area (Å²) in [7, 11) is 1.72. The molecule has 7 heteroatoms. The monoisotopic (exact) mass is 382 g/mol. The van der Waals surface area contributed by atoms with Gasteiger partial charge >= 0.3 is 0 Å². The number of hydrogen-bond donors (Lipinski definition) is 2. The first-order valence-electron chi connectivity index (χ1n) is 5.11. The molecule has 0 bridgehead atoms. The molecule has 1 amide bonds. The van der Waals surface area contributed by atoms with Gasteiger partial charge in [-0.05, 0) is 37.9 Å². The Hall–Kier alpha value is 0.0500. The number of nitrogens with zero attached hydrogens (tertiary/aromatic N) is 1. The van der Waals surface area contributed by atoms with E-state index in [2.05, 4.69) is 37.2 Å². The van der Waals surface area contributed by atoms with E-state index in [0.717, 1.165) is 7.57 Å². The minimum absolute atomic E-state index is 0.0772. The highest BCUT2D eigenvalue weighted by molar-refractivity contribution is 9.12. The second-order valence-corrected chi connectivity index (χ2v) is 7.70. The van der Waals surface area contributed by atoms with E-state index in [9.17, 15) is 9.90 Å². The molecular formula is C10H12Br2N2O2S. The minimum atomic E-state index is -0.496. The van der Waals surface area contributed by atoms with Crippen molar-refractivity contribution in [1.29, 1.82) is 0 Å². The number of thiophene rings is 1. The molecule has 0 spiro atoms.